The minimum atomic E-state index is -1.05. The maximum Gasteiger partial charge on any atom is 0.325 e. The minimum Gasteiger partial charge on any atom is -0.493 e. The molecular weight excluding hydrogens is 398 g/mol. The molecule has 3 rings (SSSR count). The van der Waals surface area contributed by atoms with Crippen molar-refractivity contribution in [3.05, 3.63) is 54.1 Å². The van der Waals surface area contributed by atoms with Gasteiger partial charge in [0.2, 0.25) is 5.91 Å². The van der Waals surface area contributed by atoms with E-state index in [0.717, 1.165) is 10.5 Å². The number of carbonyl (C=O) groups excluding carboxylic acids is 3. The van der Waals surface area contributed by atoms with Crippen molar-refractivity contribution in [3.63, 3.8) is 0 Å². The van der Waals surface area contributed by atoms with E-state index in [1.54, 1.807) is 25.1 Å². The summed E-state index contributed by atoms with van der Waals surface area (Å²) < 4.78 is 10.7. The van der Waals surface area contributed by atoms with Gasteiger partial charge in [-0.1, -0.05) is 30.3 Å². The fourth-order valence-corrected chi connectivity index (χ4v) is 3.46. The number of nitrogens with zero attached hydrogens (tertiary/aromatic N) is 1. The number of benzene rings is 2. The van der Waals surface area contributed by atoms with Crippen LogP contribution in [0.2, 0.25) is 0 Å². The smallest absolute Gasteiger partial charge is 0.325 e. The number of ether oxygens (including phenoxy) is 2. The highest BCUT2D eigenvalue weighted by molar-refractivity contribution is 6.09. The van der Waals surface area contributed by atoms with Gasteiger partial charge in [0.1, 0.15) is 12.1 Å². The first-order valence-corrected chi connectivity index (χ1v) is 10.1. The summed E-state index contributed by atoms with van der Waals surface area (Å²) in [5.41, 5.74) is 0.505. The highest BCUT2D eigenvalue weighted by Crippen LogP contribution is 2.30. The summed E-state index contributed by atoms with van der Waals surface area (Å²) in [4.78, 5) is 38.7. The lowest BCUT2D eigenvalue weighted by Crippen LogP contribution is -2.45. The van der Waals surface area contributed by atoms with E-state index in [9.17, 15) is 14.4 Å². The highest BCUT2D eigenvalue weighted by atomic mass is 16.5. The van der Waals surface area contributed by atoms with E-state index < -0.39 is 23.4 Å². The Morgan fingerprint density at radius 3 is 2.55 bits per heavy atom. The topological polar surface area (TPSA) is 97.0 Å². The van der Waals surface area contributed by atoms with Crippen molar-refractivity contribution in [3.8, 4) is 11.5 Å². The van der Waals surface area contributed by atoms with E-state index in [1.165, 1.54) is 7.11 Å². The average molecular weight is 425 g/mol. The third-order valence-corrected chi connectivity index (χ3v) is 5.15. The van der Waals surface area contributed by atoms with Crippen molar-refractivity contribution in [1.82, 2.24) is 10.2 Å². The fourth-order valence-electron chi connectivity index (χ4n) is 3.46. The molecule has 0 radical (unpaired) electrons. The molecule has 164 valence electrons. The molecule has 1 fully saturated rings. The first-order chi connectivity index (χ1) is 14.9. The summed E-state index contributed by atoms with van der Waals surface area (Å²) in [6, 6.07) is 14.1. The molecule has 1 saturated heterocycles. The van der Waals surface area contributed by atoms with E-state index in [-0.39, 0.29) is 6.54 Å². The average Bonchev–Trinajstić information content (AvgIpc) is 2.97. The lowest BCUT2D eigenvalue weighted by atomic mass is 9.93. The Kier molecular flexibility index (Phi) is 6.79. The summed E-state index contributed by atoms with van der Waals surface area (Å²) in [5.74, 6) is 0.143. The standard InChI is InChI=1S/C23H27N3O5/c1-4-31-18-11-10-17(14-19(18)30-3)24-20(27)15-26-21(28)23(2,25-22(26)29)13-12-16-8-6-5-7-9-16/h5-11,14H,4,12-13,15H2,1-3H3,(H,24,27)(H,25,29)/t23-/m0/s1. The first kappa shape index (κ1) is 22.1. The van der Waals surface area contributed by atoms with Crippen LogP contribution in [0.3, 0.4) is 0 Å². The third-order valence-electron chi connectivity index (χ3n) is 5.15. The van der Waals surface area contributed by atoms with Crippen molar-refractivity contribution in [2.24, 2.45) is 0 Å². The maximum absolute atomic E-state index is 12.9. The zero-order chi connectivity index (χ0) is 22.4. The fraction of sp³-hybridized carbons (Fsp3) is 0.348. The van der Waals surface area contributed by atoms with Crippen LogP contribution in [0.25, 0.3) is 0 Å². The van der Waals surface area contributed by atoms with Gasteiger partial charge in [0.25, 0.3) is 5.91 Å². The zero-order valence-corrected chi connectivity index (χ0v) is 17.9. The number of amides is 4. The molecule has 0 aromatic heterocycles. The first-order valence-electron chi connectivity index (χ1n) is 10.1. The summed E-state index contributed by atoms with van der Waals surface area (Å²) in [5, 5.41) is 5.42. The Bertz CT molecular complexity index is 963. The number of hydrogen-bond acceptors (Lipinski definition) is 5. The monoisotopic (exact) mass is 425 g/mol. The maximum atomic E-state index is 12.9. The SMILES string of the molecule is CCOc1ccc(NC(=O)CN2C(=O)N[C@@](C)(CCc3ccccc3)C2=O)cc1OC. The summed E-state index contributed by atoms with van der Waals surface area (Å²) in [6.45, 7) is 3.66. The third kappa shape index (κ3) is 5.14. The van der Waals surface area contributed by atoms with Crippen LogP contribution in [-0.2, 0) is 16.0 Å². The number of imide groups is 1. The van der Waals surface area contributed by atoms with E-state index in [0.29, 0.717) is 36.6 Å². The molecule has 0 aliphatic carbocycles. The van der Waals surface area contributed by atoms with Crippen LogP contribution in [0, 0.1) is 0 Å². The molecule has 0 saturated carbocycles. The molecule has 2 aromatic rings. The predicted molar refractivity (Wildman–Crippen MR) is 116 cm³/mol. The molecule has 0 unspecified atom stereocenters. The van der Waals surface area contributed by atoms with Crippen LogP contribution in [0.15, 0.2) is 48.5 Å². The van der Waals surface area contributed by atoms with Crippen LogP contribution in [-0.4, -0.2) is 48.5 Å². The van der Waals surface area contributed by atoms with Gasteiger partial charge in [-0.2, -0.15) is 0 Å². The normalized spacial score (nSPS) is 18.0. The van der Waals surface area contributed by atoms with E-state index in [2.05, 4.69) is 10.6 Å². The summed E-state index contributed by atoms with van der Waals surface area (Å²) >= 11 is 0. The number of nitrogens with one attached hydrogen (secondary N) is 2. The van der Waals surface area contributed by atoms with Crippen molar-refractivity contribution in [2.45, 2.75) is 32.2 Å². The second-order valence-electron chi connectivity index (χ2n) is 7.49. The molecule has 1 aliphatic heterocycles. The van der Waals surface area contributed by atoms with Gasteiger partial charge in [-0.15, -0.1) is 0 Å². The molecule has 4 amide bonds. The molecule has 1 heterocycles. The predicted octanol–water partition coefficient (Wildman–Crippen LogP) is 2.98. The molecule has 0 spiro atoms. The lowest BCUT2D eigenvalue weighted by molar-refractivity contribution is -0.133. The minimum absolute atomic E-state index is 0.374. The van der Waals surface area contributed by atoms with Gasteiger partial charge in [0, 0.05) is 11.8 Å². The molecule has 1 atom stereocenters. The number of rotatable bonds is 9. The van der Waals surface area contributed by atoms with E-state index >= 15 is 0 Å². The molecular formula is C23H27N3O5. The van der Waals surface area contributed by atoms with Crippen molar-refractivity contribution < 1.29 is 23.9 Å². The van der Waals surface area contributed by atoms with E-state index in [4.69, 9.17) is 9.47 Å². The van der Waals surface area contributed by atoms with Gasteiger partial charge in [-0.05, 0) is 44.4 Å². The van der Waals surface area contributed by atoms with Crippen LogP contribution in [0.1, 0.15) is 25.8 Å². The largest absolute Gasteiger partial charge is 0.493 e. The highest BCUT2D eigenvalue weighted by Gasteiger charge is 2.47. The number of carbonyl (C=O) groups is 3. The number of methoxy groups -OCH3 is 1. The van der Waals surface area contributed by atoms with Crippen LogP contribution < -0.4 is 20.1 Å². The zero-order valence-electron chi connectivity index (χ0n) is 17.9. The molecule has 8 heteroatoms. The quantitative estimate of drug-likeness (QED) is 0.602. The Labute approximate surface area is 181 Å². The summed E-state index contributed by atoms with van der Waals surface area (Å²) in [6.07, 6.45) is 1.07. The summed E-state index contributed by atoms with van der Waals surface area (Å²) in [7, 11) is 1.51. The number of aryl methyl sites for hydroxylation is 1. The van der Waals surface area contributed by atoms with Gasteiger partial charge in [-0.3, -0.25) is 14.5 Å². The van der Waals surface area contributed by atoms with Crippen molar-refractivity contribution >= 4 is 23.5 Å². The van der Waals surface area contributed by atoms with Gasteiger partial charge in [-0.25, -0.2) is 4.79 Å². The van der Waals surface area contributed by atoms with Crippen LogP contribution >= 0.6 is 0 Å². The van der Waals surface area contributed by atoms with Crippen LogP contribution in [0.5, 0.6) is 11.5 Å². The molecule has 2 N–H and O–H groups in total. The Morgan fingerprint density at radius 2 is 1.87 bits per heavy atom. The number of urea groups is 1. The van der Waals surface area contributed by atoms with Crippen molar-refractivity contribution in [2.75, 3.05) is 25.6 Å². The van der Waals surface area contributed by atoms with Gasteiger partial charge in [0.15, 0.2) is 11.5 Å². The van der Waals surface area contributed by atoms with Crippen LogP contribution in [0.4, 0.5) is 10.5 Å². The molecule has 8 nitrogen and oxygen atoms in total. The second kappa shape index (κ2) is 9.51. The molecule has 31 heavy (non-hydrogen) atoms. The van der Waals surface area contributed by atoms with Crippen molar-refractivity contribution in [1.29, 1.82) is 0 Å². The lowest BCUT2D eigenvalue weighted by Gasteiger charge is -2.21. The Hall–Kier alpha value is -3.55. The molecule has 0 bridgehead atoms. The molecule has 1 aliphatic rings. The molecule has 2 aromatic carbocycles. The van der Waals surface area contributed by atoms with Gasteiger partial charge in [0.05, 0.1) is 13.7 Å². The Balaban J connectivity index is 1.62. The second-order valence-corrected chi connectivity index (χ2v) is 7.49. The van der Waals surface area contributed by atoms with Gasteiger partial charge < -0.3 is 20.1 Å². The van der Waals surface area contributed by atoms with E-state index in [1.807, 2.05) is 37.3 Å². The van der Waals surface area contributed by atoms with Gasteiger partial charge >= 0.3 is 6.03 Å². The number of anilines is 1. The number of hydrogen-bond donors (Lipinski definition) is 2. The Morgan fingerprint density at radius 1 is 1.13 bits per heavy atom.